The Balaban J connectivity index is 4.48. The molecule has 1 unspecified atom stereocenters. The second kappa shape index (κ2) is 10.6. The van der Waals surface area contributed by atoms with Gasteiger partial charge >= 0.3 is 0 Å². The summed E-state index contributed by atoms with van der Waals surface area (Å²) in [7, 11) is -1.57. The van der Waals surface area contributed by atoms with Crippen LogP contribution >= 0.6 is 0 Å². The minimum Gasteiger partial charge on any atom is -0.413 e. The molecule has 0 saturated carbocycles. The molecule has 0 radical (unpaired) electrons. The Hall–Kier alpha value is -0.343. The van der Waals surface area contributed by atoms with E-state index in [-0.39, 0.29) is 0 Å². The van der Waals surface area contributed by atoms with E-state index in [9.17, 15) is 0 Å². The number of hydrogen-bond acceptors (Lipinski definition) is 1. The van der Waals surface area contributed by atoms with Crippen LogP contribution in [-0.2, 0) is 4.43 Å². The highest BCUT2D eigenvalue weighted by molar-refractivity contribution is 6.74. The zero-order chi connectivity index (χ0) is 13.9. The maximum Gasteiger partial charge on any atom is 0.196 e. The summed E-state index contributed by atoms with van der Waals surface area (Å²) in [4.78, 5) is 0. The molecule has 0 aromatic rings. The molecule has 0 aromatic heterocycles. The van der Waals surface area contributed by atoms with Crippen LogP contribution in [0.1, 0.15) is 52.9 Å². The van der Waals surface area contributed by atoms with Crippen LogP contribution in [0.25, 0.3) is 0 Å². The molecule has 0 fully saturated rings. The van der Waals surface area contributed by atoms with Crippen LogP contribution in [0.4, 0.5) is 0 Å². The van der Waals surface area contributed by atoms with Crippen LogP contribution in [0, 0.1) is 0 Å². The van der Waals surface area contributed by atoms with Crippen molar-refractivity contribution >= 4 is 8.32 Å². The van der Waals surface area contributed by atoms with Crippen molar-refractivity contribution in [3.63, 3.8) is 0 Å². The monoisotopic (exact) mass is 268 g/mol. The zero-order valence-corrected chi connectivity index (χ0v) is 13.7. The molecule has 0 aliphatic carbocycles. The third-order valence-corrected chi connectivity index (χ3v) is 8.22. The fourth-order valence-electron chi connectivity index (χ4n) is 2.40. The van der Waals surface area contributed by atoms with Crippen molar-refractivity contribution in [3.05, 3.63) is 25.3 Å². The summed E-state index contributed by atoms with van der Waals surface area (Å²) in [6.45, 7) is 14.6. The minimum atomic E-state index is -1.57. The zero-order valence-electron chi connectivity index (χ0n) is 12.7. The van der Waals surface area contributed by atoms with Gasteiger partial charge in [0.15, 0.2) is 8.32 Å². The van der Waals surface area contributed by atoms with Gasteiger partial charge in [0.05, 0.1) is 0 Å². The Morgan fingerprint density at radius 2 is 1.72 bits per heavy atom. The first-order valence-electron chi connectivity index (χ1n) is 7.57. The number of rotatable bonds is 12. The first-order chi connectivity index (χ1) is 8.67. The van der Waals surface area contributed by atoms with Crippen molar-refractivity contribution in [3.8, 4) is 0 Å². The number of hydrogen-bond donors (Lipinski definition) is 0. The van der Waals surface area contributed by atoms with Gasteiger partial charge in [-0.1, -0.05) is 52.2 Å². The molecular formula is C16H32OSi. The molecule has 2 heteroatoms. The summed E-state index contributed by atoms with van der Waals surface area (Å²) >= 11 is 0. The van der Waals surface area contributed by atoms with Crippen LogP contribution in [0.2, 0.25) is 18.1 Å². The molecule has 0 aromatic carbocycles. The van der Waals surface area contributed by atoms with E-state index in [2.05, 4.69) is 40.0 Å². The second-order valence-electron chi connectivity index (χ2n) is 5.14. The van der Waals surface area contributed by atoms with Crippen LogP contribution in [0.3, 0.4) is 0 Å². The van der Waals surface area contributed by atoms with E-state index in [4.69, 9.17) is 4.43 Å². The lowest BCUT2D eigenvalue weighted by Gasteiger charge is -2.33. The van der Waals surface area contributed by atoms with Crippen molar-refractivity contribution < 1.29 is 4.43 Å². The molecule has 0 spiro atoms. The van der Waals surface area contributed by atoms with Crippen molar-refractivity contribution in [2.45, 2.75) is 77.1 Å². The normalized spacial score (nSPS) is 13.3. The summed E-state index contributed by atoms with van der Waals surface area (Å²) in [6.07, 6.45) is 10.5. The van der Waals surface area contributed by atoms with E-state index >= 15 is 0 Å². The predicted octanol–water partition coefficient (Wildman–Crippen LogP) is 5.70. The van der Waals surface area contributed by atoms with Gasteiger partial charge in [0.1, 0.15) is 0 Å². The van der Waals surface area contributed by atoms with E-state index in [1.165, 1.54) is 37.8 Å². The van der Waals surface area contributed by atoms with E-state index in [1.807, 2.05) is 6.08 Å². The largest absolute Gasteiger partial charge is 0.413 e. The maximum atomic E-state index is 6.56. The topological polar surface area (TPSA) is 9.23 Å². The molecule has 0 heterocycles. The summed E-state index contributed by atoms with van der Waals surface area (Å²) < 4.78 is 6.56. The lowest BCUT2D eigenvalue weighted by atomic mass is 10.1. The van der Waals surface area contributed by atoms with Crippen LogP contribution < -0.4 is 0 Å². The van der Waals surface area contributed by atoms with Crippen LogP contribution in [-0.4, -0.2) is 14.4 Å². The Morgan fingerprint density at radius 1 is 1.06 bits per heavy atom. The highest BCUT2D eigenvalue weighted by atomic mass is 28.4. The summed E-state index contributed by atoms with van der Waals surface area (Å²) in [5, 5.41) is 0. The van der Waals surface area contributed by atoms with Gasteiger partial charge in [-0.25, -0.2) is 0 Å². The maximum absolute atomic E-state index is 6.56. The molecule has 1 atom stereocenters. The third-order valence-electron chi connectivity index (χ3n) is 3.78. The first kappa shape index (κ1) is 17.7. The molecule has 18 heavy (non-hydrogen) atoms. The van der Waals surface area contributed by atoms with E-state index in [1.54, 1.807) is 0 Å². The van der Waals surface area contributed by atoms with Gasteiger partial charge in [0.2, 0.25) is 0 Å². The SMILES string of the molecule is C=CCC(CCCCC)O[Si](CC)(CC)CC=C. The molecular weight excluding hydrogens is 236 g/mol. The van der Waals surface area contributed by atoms with Gasteiger partial charge < -0.3 is 4.43 Å². The Labute approximate surface area is 115 Å². The fourth-order valence-corrected chi connectivity index (χ4v) is 5.36. The number of allylic oxidation sites excluding steroid dienone is 1. The van der Waals surface area contributed by atoms with Crippen molar-refractivity contribution in [2.24, 2.45) is 0 Å². The predicted molar refractivity (Wildman–Crippen MR) is 85.5 cm³/mol. The molecule has 0 saturated heterocycles. The standard InChI is InChI=1S/C16H32OSi/c1-6-11-12-14-16(13-7-2)17-18(9-4,10-5)15-8-3/h7-8,16H,2-3,6,9-15H2,1,4-5H3. The smallest absolute Gasteiger partial charge is 0.196 e. The number of unbranched alkanes of at least 4 members (excludes halogenated alkanes) is 2. The van der Waals surface area contributed by atoms with Gasteiger partial charge in [-0.3, -0.25) is 0 Å². The van der Waals surface area contributed by atoms with Gasteiger partial charge in [0, 0.05) is 6.10 Å². The molecule has 0 N–H and O–H groups in total. The minimum absolute atomic E-state index is 0.389. The molecule has 0 aliphatic rings. The lowest BCUT2D eigenvalue weighted by Crippen LogP contribution is -2.40. The summed E-state index contributed by atoms with van der Waals surface area (Å²) in [6, 6.07) is 3.47. The second-order valence-corrected chi connectivity index (χ2v) is 9.57. The van der Waals surface area contributed by atoms with E-state index in [0.29, 0.717) is 6.10 Å². The van der Waals surface area contributed by atoms with Crippen LogP contribution in [0.15, 0.2) is 25.3 Å². The Morgan fingerprint density at radius 3 is 2.17 bits per heavy atom. The summed E-state index contributed by atoms with van der Waals surface area (Å²) in [5.41, 5.74) is 0. The van der Waals surface area contributed by atoms with Gasteiger partial charge in [-0.05, 0) is 31.0 Å². The average molecular weight is 269 g/mol. The molecule has 0 amide bonds. The molecule has 0 aliphatic heterocycles. The Bertz CT molecular complexity index is 221. The Kier molecular flexibility index (Phi) is 10.4. The van der Waals surface area contributed by atoms with Gasteiger partial charge in [-0.15, -0.1) is 13.2 Å². The molecule has 0 rings (SSSR count). The van der Waals surface area contributed by atoms with E-state index in [0.717, 1.165) is 12.5 Å². The van der Waals surface area contributed by atoms with Crippen LogP contribution in [0.5, 0.6) is 0 Å². The van der Waals surface area contributed by atoms with Crippen molar-refractivity contribution in [1.29, 1.82) is 0 Å². The quantitative estimate of drug-likeness (QED) is 0.251. The summed E-state index contributed by atoms with van der Waals surface area (Å²) in [5.74, 6) is 0. The van der Waals surface area contributed by atoms with Gasteiger partial charge in [-0.2, -0.15) is 0 Å². The van der Waals surface area contributed by atoms with E-state index < -0.39 is 8.32 Å². The highest BCUT2D eigenvalue weighted by Gasteiger charge is 2.32. The van der Waals surface area contributed by atoms with Gasteiger partial charge in [0.25, 0.3) is 0 Å². The lowest BCUT2D eigenvalue weighted by molar-refractivity contribution is 0.176. The third kappa shape index (κ3) is 6.55. The highest BCUT2D eigenvalue weighted by Crippen LogP contribution is 2.27. The first-order valence-corrected chi connectivity index (χ1v) is 10.1. The van der Waals surface area contributed by atoms with Crippen molar-refractivity contribution in [1.82, 2.24) is 0 Å². The molecule has 1 nitrogen and oxygen atoms in total. The van der Waals surface area contributed by atoms with Crippen molar-refractivity contribution in [2.75, 3.05) is 0 Å². The molecule has 0 bridgehead atoms. The molecule has 106 valence electrons. The average Bonchev–Trinajstić information content (AvgIpc) is 2.38. The fraction of sp³-hybridized carbons (Fsp3) is 0.750.